The van der Waals surface area contributed by atoms with Gasteiger partial charge in [-0.2, -0.15) is 0 Å². The zero-order valence-electron chi connectivity index (χ0n) is 8.58. The molecule has 0 fully saturated rings. The topological polar surface area (TPSA) is 0 Å². The molecule has 0 spiro atoms. The summed E-state index contributed by atoms with van der Waals surface area (Å²) in [5.41, 5.74) is 0. The zero-order valence-corrected chi connectivity index (χ0v) is 9.73. The van der Waals surface area contributed by atoms with Gasteiger partial charge in [0.05, 0.1) is 10.3 Å². The minimum Gasteiger partial charge on any atom is -0.0263 e. The fourth-order valence-corrected chi connectivity index (χ4v) is 3.90. The van der Waals surface area contributed by atoms with Crippen LogP contribution in [0.4, 0.5) is 0 Å². The second-order valence-corrected chi connectivity index (χ2v) is 8.63. The SMILES string of the molecule is CC(C)(C)[PH2+]C(C)(C)C.[Li+]. The van der Waals surface area contributed by atoms with Crippen LogP contribution >= 0.6 is 8.58 Å². The van der Waals surface area contributed by atoms with E-state index in [2.05, 4.69) is 41.5 Å². The molecule has 0 aromatic carbocycles. The molecular weight excluding hydrogens is 134 g/mol. The first kappa shape index (κ1) is 13.6. The van der Waals surface area contributed by atoms with Gasteiger partial charge in [0.2, 0.25) is 0 Å². The summed E-state index contributed by atoms with van der Waals surface area (Å²) in [7, 11) is 0.569. The monoisotopic (exact) mass is 154 g/mol. The van der Waals surface area contributed by atoms with Crippen LogP contribution in [0.1, 0.15) is 41.5 Å². The van der Waals surface area contributed by atoms with Gasteiger partial charge in [0, 0.05) is 0 Å². The van der Waals surface area contributed by atoms with Gasteiger partial charge in [0.1, 0.15) is 0 Å². The van der Waals surface area contributed by atoms with E-state index in [0.29, 0.717) is 18.9 Å². The molecule has 0 aliphatic heterocycles. The van der Waals surface area contributed by atoms with Crippen molar-refractivity contribution in [3.05, 3.63) is 0 Å². The van der Waals surface area contributed by atoms with Gasteiger partial charge in [0.25, 0.3) is 0 Å². The van der Waals surface area contributed by atoms with E-state index in [4.69, 9.17) is 0 Å². The average Bonchev–Trinajstić information content (AvgIpc) is 1.14. The number of hydrogen-bond acceptors (Lipinski definition) is 0. The summed E-state index contributed by atoms with van der Waals surface area (Å²) in [5.74, 6) is 0. The van der Waals surface area contributed by atoms with Crippen LogP contribution in [0, 0.1) is 0 Å². The molecule has 2 heteroatoms. The van der Waals surface area contributed by atoms with Gasteiger partial charge in [-0.05, 0) is 50.1 Å². The van der Waals surface area contributed by atoms with Crippen LogP contribution in [-0.4, -0.2) is 10.3 Å². The largest absolute Gasteiger partial charge is 1.00 e. The second kappa shape index (κ2) is 4.15. The molecular formula is C8H20LiP+2. The van der Waals surface area contributed by atoms with Gasteiger partial charge < -0.3 is 0 Å². The van der Waals surface area contributed by atoms with Crippen molar-refractivity contribution in [3.8, 4) is 0 Å². The van der Waals surface area contributed by atoms with Gasteiger partial charge in [0.15, 0.2) is 0 Å². The summed E-state index contributed by atoms with van der Waals surface area (Å²) in [6, 6.07) is 0. The molecule has 0 radical (unpaired) electrons. The molecule has 0 bridgehead atoms. The van der Waals surface area contributed by atoms with E-state index < -0.39 is 0 Å². The van der Waals surface area contributed by atoms with Gasteiger partial charge in [-0.3, -0.25) is 0 Å². The minimum absolute atomic E-state index is 0. The summed E-state index contributed by atoms with van der Waals surface area (Å²) in [6.45, 7) is 14.0. The van der Waals surface area contributed by atoms with Gasteiger partial charge in [-0.25, -0.2) is 0 Å². The minimum atomic E-state index is 0. The maximum Gasteiger partial charge on any atom is 1.00 e. The van der Waals surface area contributed by atoms with Crippen LogP contribution in [0.25, 0.3) is 0 Å². The van der Waals surface area contributed by atoms with Crippen molar-refractivity contribution in [2.24, 2.45) is 0 Å². The Morgan fingerprint density at radius 3 is 0.900 bits per heavy atom. The molecule has 0 heterocycles. The molecule has 0 amide bonds. The van der Waals surface area contributed by atoms with Crippen molar-refractivity contribution < 1.29 is 18.9 Å². The van der Waals surface area contributed by atoms with E-state index in [1.165, 1.54) is 0 Å². The van der Waals surface area contributed by atoms with Crippen LogP contribution in [0.15, 0.2) is 0 Å². The Bertz CT molecular complexity index is 74.4. The molecule has 0 nitrogen and oxygen atoms in total. The summed E-state index contributed by atoms with van der Waals surface area (Å²) < 4.78 is 0. The van der Waals surface area contributed by atoms with E-state index in [1.54, 1.807) is 0 Å². The fourth-order valence-electron chi connectivity index (χ4n) is 1.30. The van der Waals surface area contributed by atoms with Crippen LogP contribution in [-0.2, 0) is 0 Å². The van der Waals surface area contributed by atoms with E-state index in [-0.39, 0.29) is 18.9 Å². The summed E-state index contributed by atoms with van der Waals surface area (Å²) >= 11 is 0. The van der Waals surface area contributed by atoms with E-state index in [1.807, 2.05) is 0 Å². The molecule has 0 saturated heterocycles. The third kappa shape index (κ3) is 11.8. The first-order valence-electron chi connectivity index (χ1n) is 3.58. The van der Waals surface area contributed by atoms with E-state index in [9.17, 15) is 0 Å². The molecule has 0 N–H and O–H groups in total. The van der Waals surface area contributed by atoms with Gasteiger partial charge in [-0.15, -0.1) is 0 Å². The summed E-state index contributed by atoms with van der Waals surface area (Å²) in [4.78, 5) is 0. The van der Waals surface area contributed by atoms with Gasteiger partial charge in [-0.1, -0.05) is 0 Å². The fraction of sp³-hybridized carbons (Fsp3) is 1.00. The smallest absolute Gasteiger partial charge is 0.0263 e. The average molecular weight is 154 g/mol. The van der Waals surface area contributed by atoms with Crippen LogP contribution < -0.4 is 18.9 Å². The predicted molar refractivity (Wildman–Crippen MR) is 49.2 cm³/mol. The van der Waals surface area contributed by atoms with Gasteiger partial charge >= 0.3 is 18.9 Å². The molecule has 0 atom stereocenters. The van der Waals surface area contributed by atoms with Crippen molar-refractivity contribution in [1.29, 1.82) is 0 Å². The molecule has 0 aromatic rings. The van der Waals surface area contributed by atoms with Crippen molar-refractivity contribution in [1.82, 2.24) is 0 Å². The molecule has 0 rings (SSSR count). The van der Waals surface area contributed by atoms with E-state index in [0.717, 1.165) is 0 Å². The Balaban J connectivity index is 0. The van der Waals surface area contributed by atoms with Crippen LogP contribution in [0.5, 0.6) is 0 Å². The van der Waals surface area contributed by atoms with Crippen molar-refractivity contribution in [2.45, 2.75) is 51.9 Å². The molecule has 0 unspecified atom stereocenters. The first-order chi connectivity index (χ1) is 3.71. The summed E-state index contributed by atoms with van der Waals surface area (Å²) in [6.07, 6.45) is 0. The van der Waals surface area contributed by atoms with Crippen LogP contribution in [0.2, 0.25) is 0 Å². The molecule has 0 aromatic heterocycles. The Hall–Kier alpha value is 1.03. The normalized spacial score (nSPS) is 12.6. The second-order valence-electron chi connectivity index (χ2n) is 4.88. The third-order valence-electron chi connectivity index (χ3n) is 0.866. The zero-order chi connectivity index (χ0) is 7.71. The Kier molecular flexibility index (Phi) is 5.65. The first-order valence-corrected chi connectivity index (χ1v) is 4.73. The van der Waals surface area contributed by atoms with E-state index >= 15 is 0 Å². The van der Waals surface area contributed by atoms with Crippen molar-refractivity contribution in [2.75, 3.05) is 0 Å². The number of hydrogen-bond donors (Lipinski definition) is 0. The van der Waals surface area contributed by atoms with Crippen LogP contribution in [0.3, 0.4) is 0 Å². The molecule has 0 aliphatic carbocycles. The van der Waals surface area contributed by atoms with Crippen molar-refractivity contribution in [3.63, 3.8) is 0 Å². The number of rotatable bonds is 0. The quantitative estimate of drug-likeness (QED) is 0.340. The van der Waals surface area contributed by atoms with Crippen molar-refractivity contribution >= 4 is 8.58 Å². The molecule has 10 heavy (non-hydrogen) atoms. The maximum atomic E-state index is 2.33. The molecule has 56 valence electrons. The Morgan fingerprint density at radius 1 is 0.700 bits per heavy atom. The third-order valence-corrected chi connectivity index (χ3v) is 2.60. The Morgan fingerprint density at radius 2 is 0.900 bits per heavy atom. The maximum absolute atomic E-state index is 2.33. The standard InChI is InChI=1S/C8H19P.Li/c1-7(2,3)9-8(4,5)6;/h9H,1-6H3;/q;+1/p+1. The predicted octanol–water partition coefficient (Wildman–Crippen LogP) is -0.00180. The molecule has 0 aliphatic rings. The molecule has 0 saturated carbocycles. The Labute approximate surface area is 79.5 Å². The summed E-state index contributed by atoms with van der Waals surface area (Å²) in [5, 5.41) is 1.14.